The molecule has 5 nitrogen and oxygen atoms in total. The molecule has 0 spiro atoms. The zero-order valence-electron chi connectivity index (χ0n) is 9.31. The molecule has 1 rings (SSSR count). The standard InChI is InChI=1S/C9H18N2O3S2/c1-7(9(10)15)16(12,13)11-6-8-4-2-3-5-14-8/h7-8,11H,2-6H2,1H3,(H2,10,15). The maximum Gasteiger partial charge on any atom is 0.220 e. The summed E-state index contributed by atoms with van der Waals surface area (Å²) in [7, 11) is -3.46. The Morgan fingerprint density at radius 3 is 2.81 bits per heavy atom. The van der Waals surface area contributed by atoms with Crippen LogP contribution < -0.4 is 10.5 Å². The van der Waals surface area contributed by atoms with Crippen LogP contribution in [0.3, 0.4) is 0 Å². The number of rotatable bonds is 5. The number of ether oxygens (including phenoxy) is 1. The lowest BCUT2D eigenvalue weighted by Crippen LogP contribution is -2.43. The SMILES string of the molecule is CC(C(N)=S)S(=O)(=O)NCC1CCCCO1. The van der Waals surface area contributed by atoms with Crippen molar-refractivity contribution in [3.8, 4) is 0 Å². The molecular weight excluding hydrogens is 248 g/mol. The fourth-order valence-corrected chi connectivity index (χ4v) is 2.81. The first-order chi connectivity index (χ1) is 7.43. The average molecular weight is 266 g/mol. The van der Waals surface area contributed by atoms with E-state index in [1.54, 1.807) is 0 Å². The van der Waals surface area contributed by atoms with E-state index in [1.807, 2.05) is 0 Å². The number of thiocarbonyl (C=S) groups is 1. The molecule has 0 aromatic rings. The molecule has 0 bridgehead atoms. The number of nitrogens with one attached hydrogen (secondary N) is 1. The van der Waals surface area contributed by atoms with Crippen molar-refractivity contribution in [3.05, 3.63) is 0 Å². The summed E-state index contributed by atoms with van der Waals surface area (Å²) in [4.78, 5) is -0.0166. The second-order valence-electron chi connectivity index (χ2n) is 3.93. The predicted molar refractivity (Wildman–Crippen MR) is 66.8 cm³/mol. The van der Waals surface area contributed by atoms with E-state index in [0.29, 0.717) is 13.2 Å². The molecule has 0 aromatic carbocycles. The van der Waals surface area contributed by atoms with Gasteiger partial charge in [0.1, 0.15) is 5.25 Å². The molecule has 1 aliphatic rings. The van der Waals surface area contributed by atoms with Gasteiger partial charge in [-0.25, -0.2) is 13.1 Å². The van der Waals surface area contributed by atoms with Crippen LogP contribution in [-0.2, 0) is 14.8 Å². The van der Waals surface area contributed by atoms with Crippen molar-refractivity contribution >= 4 is 27.2 Å². The number of hydrogen-bond acceptors (Lipinski definition) is 4. The van der Waals surface area contributed by atoms with Gasteiger partial charge in [0, 0.05) is 13.2 Å². The largest absolute Gasteiger partial charge is 0.392 e. The Morgan fingerprint density at radius 2 is 2.31 bits per heavy atom. The molecule has 1 fully saturated rings. The van der Waals surface area contributed by atoms with Gasteiger partial charge >= 0.3 is 0 Å². The molecule has 2 atom stereocenters. The molecule has 0 amide bonds. The quantitative estimate of drug-likeness (QED) is 0.692. The lowest BCUT2D eigenvalue weighted by atomic mass is 10.1. The van der Waals surface area contributed by atoms with Gasteiger partial charge in [-0.15, -0.1) is 0 Å². The van der Waals surface area contributed by atoms with Crippen LogP contribution in [0.5, 0.6) is 0 Å². The molecule has 1 aliphatic heterocycles. The lowest BCUT2D eigenvalue weighted by Gasteiger charge is -2.23. The minimum absolute atomic E-state index is 0.0166. The van der Waals surface area contributed by atoms with Gasteiger partial charge in [-0.1, -0.05) is 12.2 Å². The highest BCUT2D eigenvalue weighted by Crippen LogP contribution is 2.12. The lowest BCUT2D eigenvalue weighted by molar-refractivity contribution is 0.0200. The van der Waals surface area contributed by atoms with Crippen LogP contribution >= 0.6 is 12.2 Å². The maximum absolute atomic E-state index is 11.7. The molecule has 2 unspecified atom stereocenters. The van der Waals surface area contributed by atoms with Gasteiger partial charge in [0.05, 0.1) is 11.1 Å². The van der Waals surface area contributed by atoms with E-state index in [-0.39, 0.29) is 11.1 Å². The molecule has 16 heavy (non-hydrogen) atoms. The molecule has 1 saturated heterocycles. The van der Waals surface area contributed by atoms with Gasteiger partial charge in [-0.3, -0.25) is 0 Å². The fourth-order valence-electron chi connectivity index (χ4n) is 1.46. The molecule has 0 aliphatic carbocycles. The van der Waals surface area contributed by atoms with Gasteiger partial charge < -0.3 is 10.5 Å². The van der Waals surface area contributed by atoms with Crippen molar-refractivity contribution in [1.29, 1.82) is 0 Å². The van der Waals surface area contributed by atoms with Crippen LogP contribution in [0.15, 0.2) is 0 Å². The van der Waals surface area contributed by atoms with Crippen LogP contribution in [0.4, 0.5) is 0 Å². The van der Waals surface area contributed by atoms with Gasteiger partial charge in [-0.05, 0) is 26.2 Å². The summed E-state index contributed by atoms with van der Waals surface area (Å²) in [6.07, 6.45) is 3.00. The first-order valence-electron chi connectivity index (χ1n) is 5.33. The molecule has 1 heterocycles. The van der Waals surface area contributed by atoms with Crippen LogP contribution in [0, 0.1) is 0 Å². The van der Waals surface area contributed by atoms with Gasteiger partial charge in [-0.2, -0.15) is 0 Å². The Labute approximate surface area is 102 Å². The number of hydrogen-bond donors (Lipinski definition) is 2. The Morgan fingerprint density at radius 1 is 1.62 bits per heavy atom. The zero-order valence-corrected chi connectivity index (χ0v) is 10.9. The van der Waals surface area contributed by atoms with Crippen molar-refractivity contribution in [3.63, 3.8) is 0 Å². The Bertz CT molecular complexity index is 337. The second-order valence-corrected chi connectivity index (χ2v) is 6.48. The fraction of sp³-hybridized carbons (Fsp3) is 0.889. The molecule has 7 heteroatoms. The summed E-state index contributed by atoms with van der Waals surface area (Å²) in [5, 5.41) is -0.842. The van der Waals surface area contributed by atoms with E-state index in [0.717, 1.165) is 19.3 Å². The predicted octanol–water partition coefficient (Wildman–Crippen LogP) is 0.150. The van der Waals surface area contributed by atoms with E-state index in [2.05, 4.69) is 16.9 Å². The van der Waals surface area contributed by atoms with Crippen molar-refractivity contribution < 1.29 is 13.2 Å². The van der Waals surface area contributed by atoms with Crippen LogP contribution in [0.1, 0.15) is 26.2 Å². The highest BCUT2D eigenvalue weighted by Gasteiger charge is 2.24. The Hall–Kier alpha value is -0.240. The van der Waals surface area contributed by atoms with Crippen molar-refractivity contribution in [2.24, 2.45) is 5.73 Å². The Balaban J connectivity index is 2.44. The monoisotopic (exact) mass is 266 g/mol. The first kappa shape index (κ1) is 13.8. The molecular formula is C9H18N2O3S2. The third kappa shape index (κ3) is 3.97. The highest BCUT2D eigenvalue weighted by molar-refractivity contribution is 7.93. The van der Waals surface area contributed by atoms with Crippen molar-refractivity contribution in [1.82, 2.24) is 4.72 Å². The second kappa shape index (κ2) is 5.90. The molecule has 0 radical (unpaired) electrons. The topological polar surface area (TPSA) is 81.4 Å². The summed E-state index contributed by atoms with van der Waals surface area (Å²) >= 11 is 4.66. The summed E-state index contributed by atoms with van der Waals surface area (Å²) in [5.74, 6) is 0. The summed E-state index contributed by atoms with van der Waals surface area (Å²) in [6.45, 7) is 2.49. The average Bonchev–Trinajstić information content (AvgIpc) is 2.27. The van der Waals surface area contributed by atoms with Crippen molar-refractivity contribution in [2.75, 3.05) is 13.2 Å². The third-order valence-corrected chi connectivity index (χ3v) is 4.91. The summed E-state index contributed by atoms with van der Waals surface area (Å²) in [6, 6.07) is 0. The van der Waals surface area contributed by atoms with Gasteiger partial charge in [0.15, 0.2) is 0 Å². The van der Waals surface area contributed by atoms with E-state index in [4.69, 9.17) is 10.5 Å². The van der Waals surface area contributed by atoms with E-state index in [9.17, 15) is 8.42 Å². The van der Waals surface area contributed by atoms with E-state index < -0.39 is 15.3 Å². The number of nitrogens with two attached hydrogens (primary N) is 1. The van der Waals surface area contributed by atoms with Crippen LogP contribution in [0.2, 0.25) is 0 Å². The van der Waals surface area contributed by atoms with Gasteiger partial charge in [0.2, 0.25) is 10.0 Å². The maximum atomic E-state index is 11.7. The summed E-state index contributed by atoms with van der Waals surface area (Å²) < 4.78 is 31.3. The Kier molecular flexibility index (Phi) is 5.10. The van der Waals surface area contributed by atoms with Crippen LogP contribution in [-0.4, -0.2) is 37.9 Å². The molecule has 3 N–H and O–H groups in total. The van der Waals surface area contributed by atoms with Crippen molar-refractivity contribution in [2.45, 2.75) is 37.5 Å². The first-order valence-corrected chi connectivity index (χ1v) is 7.28. The highest BCUT2D eigenvalue weighted by atomic mass is 32.2. The molecule has 94 valence electrons. The molecule has 0 aromatic heterocycles. The van der Waals surface area contributed by atoms with Crippen LogP contribution in [0.25, 0.3) is 0 Å². The third-order valence-electron chi connectivity index (χ3n) is 2.65. The normalized spacial score (nSPS) is 23.9. The smallest absolute Gasteiger partial charge is 0.220 e. The van der Waals surface area contributed by atoms with Gasteiger partial charge in [0.25, 0.3) is 0 Å². The molecule has 0 saturated carbocycles. The number of sulfonamides is 1. The zero-order chi connectivity index (χ0) is 12.2. The minimum atomic E-state index is -3.46. The van der Waals surface area contributed by atoms with E-state index >= 15 is 0 Å². The van der Waals surface area contributed by atoms with E-state index in [1.165, 1.54) is 6.92 Å². The summed E-state index contributed by atoms with van der Waals surface area (Å²) in [5.41, 5.74) is 5.31. The minimum Gasteiger partial charge on any atom is -0.392 e.